The van der Waals surface area contributed by atoms with Crippen LogP contribution in [0.5, 0.6) is 0 Å². The maximum absolute atomic E-state index is 6.46. The number of aromatic amines is 1. The first-order chi connectivity index (χ1) is 10.2. The lowest BCUT2D eigenvalue weighted by molar-refractivity contribution is 0.392. The van der Waals surface area contributed by atoms with Gasteiger partial charge in [0.1, 0.15) is 5.76 Å². The van der Waals surface area contributed by atoms with Crippen LogP contribution in [0.2, 0.25) is 0 Å². The van der Waals surface area contributed by atoms with E-state index >= 15 is 0 Å². The fourth-order valence-electron chi connectivity index (χ4n) is 3.51. The van der Waals surface area contributed by atoms with Crippen molar-refractivity contribution in [3.63, 3.8) is 0 Å². The molecule has 3 aromatic rings. The van der Waals surface area contributed by atoms with Gasteiger partial charge in [0.25, 0.3) is 0 Å². The van der Waals surface area contributed by atoms with Crippen LogP contribution in [0.25, 0.3) is 10.9 Å². The Labute approximate surface area is 131 Å². The Morgan fingerprint density at radius 3 is 3.05 bits per heavy atom. The summed E-state index contributed by atoms with van der Waals surface area (Å²) in [5, 5.41) is 1.32. The van der Waals surface area contributed by atoms with E-state index in [-0.39, 0.29) is 6.04 Å². The Balaban J connectivity index is 1.83. The zero-order valence-corrected chi connectivity index (χ0v) is 13.2. The quantitative estimate of drug-likeness (QED) is 0.711. The summed E-state index contributed by atoms with van der Waals surface area (Å²) in [6.45, 7) is 0. The minimum atomic E-state index is -0.0875. The van der Waals surface area contributed by atoms with Gasteiger partial charge in [0.2, 0.25) is 0 Å². The van der Waals surface area contributed by atoms with Crippen LogP contribution in [0.4, 0.5) is 0 Å². The Hall–Kier alpha value is -1.52. The highest BCUT2D eigenvalue weighted by Gasteiger charge is 2.30. The van der Waals surface area contributed by atoms with Crippen molar-refractivity contribution in [1.82, 2.24) is 4.98 Å². The first-order valence-electron chi connectivity index (χ1n) is 7.33. The predicted molar refractivity (Wildman–Crippen MR) is 87.3 cm³/mol. The number of nitrogens with two attached hydrogens (primary N) is 1. The molecular formula is C17H17BrN2O. The van der Waals surface area contributed by atoms with E-state index in [0.717, 1.165) is 23.1 Å². The van der Waals surface area contributed by atoms with E-state index in [1.807, 2.05) is 12.1 Å². The molecule has 0 saturated heterocycles. The minimum Gasteiger partial charge on any atom is -0.468 e. The summed E-state index contributed by atoms with van der Waals surface area (Å²) in [7, 11) is 0. The highest BCUT2D eigenvalue weighted by molar-refractivity contribution is 9.10. The van der Waals surface area contributed by atoms with Gasteiger partial charge < -0.3 is 15.1 Å². The normalized spacial score (nSPS) is 19.6. The molecule has 4 rings (SSSR count). The van der Waals surface area contributed by atoms with E-state index < -0.39 is 0 Å². The number of H-pyrrole nitrogens is 1. The van der Waals surface area contributed by atoms with Crippen molar-refractivity contribution in [1.29, 1.82) is 0 Å². The third kappa shape index (κ3) is 2.14. The number of hydrogen-bond acceptors (Lipinski definition) is 2. The molecule has 4 heteroatoms. The van der Waals surface area contributed by atoms with Gasteiger partial charge in [0.15, 0.2) is 0 Å². The maximum Gasteiger partial charge on any atom is 0.121 e. The molecule has 2 unspecified atom stereocenters. The number of nitrogens with one attached hydrogen (secondary N) is 1. The van der Waals surface area contributed by atoms with E-state index in [1.165, 1.54) is 28.6 Å². The van der Waals surface area contributed by atoms with Gasteiger partial charge in [0.05, 0.1) is 12.3 Å². The number of rotatable bonds is 2. The molecule has 0 bridgehead atoms. The third-order valence-electron chi connectivity index (χ3n) is 4.52. The molecule has 2 heterocycles. The van der Waals surface area contributed by atoms with E-state index in [4.69, 9.17) is 10.2 Å². The summed E-state index contributed by atoms with van der Waals surface area (Å²) in [5.74, 6) is 1.17. The highest BCUT2D eigenvalue weighted by atomic mass is 79.9. The van der Waals surface area contributed by atoms with Crippen molar-refractivity contribution < 1.29 is 4.42 Å². The van der Waals surface area contributed by atoms with Crippen LogP contribution in [0.15, 0.2) is 45.5 Å². The summed E-state index contributed by atoms with van der Waals surface area (Å²) >= 11 is 3.57. The molecule has 21 heavy (non-hydrogen) atoms. The van der Waals surface area contributed by atoms with Gasteiger partial charge in [-0.25, -0.2) is 0 Å². The van der Waals surface area contributed by atoms with Crippen molar-refractivity contribution in [2.24, 2.45) is 5.73 Å². The molecule has 1 aromatic carbocycles. The van der Waals surface area contributed by atoms with E-state index in [0.29, 0.717) is 5.92 Å². The Kier molecular flexibility index (Phi) is 3.16. The maximum atomic E-state index is 6.46. The van der Waals surface area contributed by atoms with Gasteiger partial charge in [-0.2, -0.15) is 0 Å². The van der Waals surface area contributed by atoms with E-state index in [1.54, 1.807) is 6.26 Å². The molecule has 2 aromatic heterocycles. The molecule has 3 nitrogen and oxygen atoms in total. The lowest BCUT2D eigenvalue weighted by Crippen LogP contribution is -2.23. The fourth-order valence-corrected chi connectivity index (χ4v) is 3.87. The largest absolute Gasteiger partial charge is 0.468 e. The van der Waals surface area contributed by atoms with E-state index in [9.17, 15) is 0 Å². The lowest BCUT2D eigenvalue weighted by atomic mass is 9.82. The Morgan fingerprint density at radius 1 is 1.33 bits per heavy atom. The number of fused-ring (bicyclic) bond motifs is 3. The Bertz CT molecular complexity index is 776. The summed E-state index contributed by atoms with van der Waals surface area (Å²) in [4.78, 5) is 3.59. The van der Waals surface area contributed by atoms with Crippen molar-refractivity contribution in [3.8, 4) is 0 Å². The minimum absolute atomic E-state index is 0.0875. The second kappa shape index (κ2) is 5.04. The van der Waals surface area contributed by atoms with E-state index in [2.05, 4.69) is 39.1 Å². The fraction of sp³-hybridized carbons (Fsp3) is 0.294. The predicted octanol–water partition coefficient (Wildman–Crippen LogP) is 4.64. The van der Waals surface area contributed by atoms with Gasteiger partial charge in [-0.05, 0) is 55.2 Å². The van der Waals surface area contributed by atoms with Gasteiger partial charge in [-0.1, -0.05) is 15.9 Å². The highest BCUT2D eigenvalue weighted by Crippen LogP contribution is 2.42. The van der Waals surface area contributed by atoms with Gasteiger partial charge >= 0.3 is 0 Å². The molecule has 3 N–H and O–H groups in total. The number of halogens is 1. The standard InChI is InChI=1S/C17H17BrN2O/c18-10-6-7-14-13(9-10)11-3-1-4-12(17(11)20-14)16(19)15-5-2-8-21-15/h2,5-9,12,16,20H,1,3-4,19H2. The second-order valence-electron chi connectivity index (χ2n) is 5.75. The zero-order valence-electron chi connectivity index (χ0n) is 11.6. The molecule has 1 aliphatic carbocycles. The molecule has 108 valence electrons. The molecular weight excluding hydrogens is 328 g/mol. The van der Waals surface area contributed by atoms with Crippen LogP contribution < -0.4 is 5.73 Å². The Morgan fingerprint density at radius 2 is 2.24 bits per heavy atom. The van der Waals surface area contributed by atoms with Crippen molar-refractivity contribution in [2.75, 3.05) is 0 Å². The van der Waals surface area contributed by atoms with Gasteiger partial charge in [0, 0.05) is 27.0 Å². The third-order valence-corrected chi connectivity index (χ3v) is 5.01. The number of aromatic nitrogens is 1. The van der Waals surface area contributed by atoms with Crippen molar-refractivity contribution in [2.45, 2.75) is 31.2 Å². The van der Waals surface area contributed by atoms with Gasteiger partial charge in [-0.15, -0.1) is 0 Å². The van der Waals surface area contributed by atoms with Crippen LogP contribution in [0.1, 0.15) is 41.8 Å². The van der Waals surface area contributed by atoms with Gasteiger partial charge in [-0.3, -0.25) is 0 Å². The monoisotopic (exact) mass is 344 g/mol. The number of hydrogen-bond donors (Lipinski definition) is 2. The van der Waals surface area contributed by atoms with Crippen molar-refractivity contribution in [3.05, 3.63) is 58.1 Å². The summed E-state index contributed by atoms with van der Waals surface area (Å²) in [6, 6.07) is 10.2. The molecule has 0 spiro atoms. The SMILES string of the molecule is NC(c1ccco1)C1CCCc2c1[nH]c1ccc(Br)cc21. The van der Waals surface area contributed by atoms with Crippen LogP contribution in [-0.2, 0) is 6.42 Å². The molecule has 1 aliphatic rings. The summed E-state index contributed by atoms with van der Waals surface area (Å²) in [5.41, 5.74) is 10.4. The first-order valence-corrected chi connectivity index (χ1v) is 8.12. The average Bonchev–Trinajstić information content (AvgIpc) is 3.13. The van der Waals surface area contributed by atoms with Crippen LogP contribution >= 0.6 is 15.9 Å². The number of aryl methyl sites for hydroxylation is 1. The molecule has 0 aliphatic heterocycles. The molecule has 0 amide bonds. The second-order valence-corrected chi connectivity index (χ2v) is 6.66. The average molecular weight is 345 g/mol. The van der Waals surface area contributed by atoms with Crippen LogP contribution in [0, 0.1) is 0 Å². The zero-order chi connectivity index (χ0) is 14.4. The molecule has 0 saturated carbocycles. The summed E-state index contributed by atoms with van der Waals surface area (Å²) < 4.78 is 6.63. The van der Waals surface area contributed by atoms with Crippen molar-refractivity contribution >= 4 is 26.8 Å². The van der Waals surface area contributed by atoms with Crippen LogP contribution in [0.3, 0.4) is 0 Å². The number of benzene rings is 1. The first kappa shape index (κ1) is 13.2. The molecule has 0 fully saturated rings. The molecule has 0 radical (unpaired) electrons. The smallest absolute Gasteiger partial charge is 0.121 e. The van der Waals surface area contributed by atoms with Crippen LogP contribution in [-0.4, -0.2) is 4.98 Å². The lowest BCUT2D eigenvalue weighted by Gasteiger charge is -2.26. The topological polar surface area (TPSA) is 54.9 Å². The molecule has 2 atom stereocenters. The number of furan rings is 1. The summed E-state index contributed by atoms with van der Waals surface area (Å²) in [6.07, 6.45) is 5.09.